The first-order valence-corrected chi connectivity index (χ1v) is 8.85. The largest absolute Gasteiger partial charge is 0.342 e. The number of fused-ring (bicyclic) bond motifs is 4. The molecule has 0 unspecified atom stereocenters. The van der Waals surface area contributed by atoms with Crippen LogP contribution < -0.4 is 0 Å². The number of ether oxygens (including phenoxy) is 5. The Morgan fingerprint density at radius 3 is 2.42 bits per heavy atom. The predicted octanol–water partition coefficient (Wildman–Crippen LogP) is 1.85. The van der Waals surface area contributed by atoms with Crippen LogP contribution in [0.3, 0.4) is 0 Å². The highest BCUT2D eigenvalue weighted by Crippen LogP contribution is 2.48. The number of halogens is 1. The molecular weight excluding hydrogens is 364 g/mol. The van der Waals surface area contributed by atoms with Gasteiger partial charge in [0.1, 0.15) is 23.5 Å². The minimum atomic E-state index is -0.784. The van der Waals surface area contributed by atoms with E-state index in [0.29, 0.717) is 16.6 Å². The van der Waals surface area contributed by atoms with E-state index in [4.69, 9.17) is 35.3 Å². The minimum Gasteiger partial charge on any atom is -0.342 e. The lowest BCUT2D eigenvalue weighted by Gasteiger charge is -2.36. The summed E-state index contributed by atoms with van der Waals surface area (Å²) in [5.41, 5.74) is 0.564. The molecule has 3 aliphatic heterocycles. The zero-order chi connectivity index (χ0) is 18.3. The Kier molecular flexibility index (Phi) is 3.45. The summed E-state index contributed by atoms with van der Waals surface area (Å²) in [5.74, 6) is -1.09. The van der Waals surface area contributed by atoms with Crippen molar-refractivity contribution in [1.82, 2.24) is 19.8 Å². The maximum absolute atomic E-state index is 6.19. The molecule has 5 heterocycles. The standard InChI is InChI=1S/C16H19ClN4O5/c1-15(2)23-9-10(24-15)12-14(26-16(3,4)25-12)22-11(9)13-19-18-8-6-5-7(17)20-21(8)13/h5-6,9-12,14H,1-4H3/t9-,10+,11+,12-,14+/m1/s1. The van der Waals surface area contributed by atoms with Gasteiger partial charge in [-0.25, -0.2) is 0 Å². The van der Waals surface area contributed by atoms with Crippen LogP contribution in [-0.4, -0.2) is 56.0 Å². The first kappa shape index (κ1) is 16.8. The van der Waals surface area contributed by atoms with E-state index >= 15 is 0 Å². The summed E-state index contributed by atoms with van der Waals surface area (Å²) in [4.78, 5) is 0. The van der Waals surface area contributed by atoms with Crippen molar-refractivity contribution in [3.8, 4) is 0 Å². The van der Waals surface area contributed by atoms with Crippen molar-refractivity contribution < 1.29 is 23.7 Å². The molecular formula is C16H19ClN4O5. The Balaban J connectivity index is 1.59. The summed E-state index contributed by atoms with van der Waals surface area (Å²) in [6.07, 6.45) is -2.43. The molecule has 10 heteroatoms. The Morgan fingerprint density at radius 1 is 0.923 bits per heavy atom. The van der Waals surface area contributed by atoms with Gasteiger partial charge in [-0.15, -0.1) is 10.2 Å². The molecule has 3 saturated heterocycles. The molecule has 3 fully saturated rings. The highest BCUT2D eigenvalue weighted by atomic mass is 35.5. The minimum absolute atomic E-state index is 0.328. The van der Waals surface area contributed by atoms with Gasteiger partial charge < -0.3 is 23.7 Å². The van der Waals surface area contributed by atoms with Gasteiger partial charge >= 0.3 is 0 Å². The van der Waals surface area contributed by atoms with Gasteiger partial charge in [0, 0.05) is 0 Å². The van der Waals surface area contributed by atoms with Gasteiger partial charge in [-0.2, -0.15) is 9.61 Å². The van der Waals surface area contributed by atoms with Crippen LogP contribution in [-0.2, 0) is 23.7 Å². The van der Waals surface area contributed by atoms with Crippen molar-refractivity contribution in [3.63, 3.8) is 0 Å². The number of aromatic nitrogens is 4. The summed E-state index contributed by atoms with van der Waals surface area (Å²) in [6, 6.07) is 3.40. The van der Waals surface area contributed by atoms with Crippen molar-refractivity contribution in [3.05, 3.63) is 23.1 Å². The first-order valence-electron chi connectivity index (χ1n) is 8.47. The van der Waals surface area contributed by atoms with E-state index in [0.717, 1.165) is 0 Å². The fourth-order valence-electron chi connectivity index (χ4n) is 3.78. The van der Waals surface area contributed by atoms with Crippen LogP contribution in [0.4, 0.5) is 0 Å². The number of nitrogens with zero attached hydrogens (tertiary/aromatic N) is 4. The average molecular weight is 383 g/mol. The van der Waals surface area contributed by atoms with Crippen LogP contribution >= 0.6 is 11.6 Å². The van der Waals surface area contributed by atoms with Gasteiger partial charge in [0.15, 0.2) is 35.4 Å². The van der Waals surface area contributed by atoms with Gasteiger partial charge in [0.05, 0.1) is 0 Å². The molecule has 0 saturated carbocycles. The van der Waals surface area contributed by atoms with E-state index in [9.17, 15) is 0 Å². The number of hydrogen-bond donors (Lipinski definition) is 0. The van der Waals surface area contributed by atoms with Gasteiger partial charge in [-0.1, -0.05) is 11.6 Å². The molecule has 0 bridgehead atoms. The van der Waals surface area contributed by atoms with E-state index in [-0.39, 0.29) is 6.10 Å². The first-order chi connectivity index (χ1) is 12.2. The Bertz CT molecular complexity index is 871. The fraction of sp³-hybridized carbons (Fsp3) is 0.688. The quantitative estimate of drug-likeness (QED) is 0.738. The lowest BCUT2D eigenvalue weighted by atomic mass is 9.98. The fourth-order valence-corrected chi connectivity index (χ4v) is 3.92. The van der Waals surface area contributed by atoms with Crippen molar-refractivity contribution >= 4 is 17.2 Å². The zero-order valence-electron chi connectivity index (χ0n) is 14.7. The molecule has 3 aliphatic rings. The maximum Gasteiger partial charge on any atom is 0.190 e. The van der Waals surface area contributed by atoms with Crippen LogP contribution in [0.15, 0.2) is 12.1 Å². The van der Waals surface area contributed by atoms with Crippen molar-refractivity contribution in [2.75, 3.05) is 0 Å². The second-order valence-electron chi connectivity index (χ2n) is 7.57. The summed E-state index contributed by atoms with van der Waals surface area (Å²) in [6.45, 7) is 7.39. The van der Waals surface area contributed by atoms with Gasteiger partial charge in [0.25, 0.3) is 0 Å². The molecule has 0 amide bonds. The van der Waals surface area contributed by atoms with E-state index in [1.807, 2.05) is 27.7 Å². The molecule has 0 N–H and O–H groups in total. The third kappa shape index (κ3) is 2.54. The lowest BCUT2D eigenvalue weighted by molar-refractivity contribution is -0.238. The average Bonchev–Trinajstić information content (AvgIpc) is 3.17. The third-order valence-electron chi connectivity index (χ3n) is 4.66. The molecule has 0 radical (unpaired) electrons. The summed E-state index contributed by atoms with van der Waals surface area (Å²) in [7, 11) is 0. The summed E-state index contributed by atoms with van der Waals surface area (Å²) in [5, 5.41) is 13.0. The second kappa shape index (κ2) is 5.34. The second-order valence-corrected chi connectivity index (χ2v) is 7.96. The molecule has 2 aromatic rings. The van der Waals surface area contributed by atoms with Crippen molar-refractivity contribution in [2.24, 2.45) is 0 Å². The molecule has 9 nitrogen and oxygen atoms in total. The summed E-state index contributed by atoms with van der Waals surface area (Å²) >= 11 is 6.04. The van der Waals surface area contributed by atoms with E-state index in [1.54, 1.807) is 16.6 Å². The van der Waals surface area contributed by atoms with Gasteiger partial charge in [-0.05, 0) is 39.8 Å². The molecule has 0 spiro atoms. The maximum atomic E-state index is 6.19. The monoisotopic (exact) mass is 382 g/mol. The highest BCUT2D eigenvalue weighted by Gasteiger charge is 2.61. The van der Waals surface area contributed by atoms with Gasteiger partial charge in [0.2, 0.25) is 0 Å². The molecule has 0 aliphatic carbocycles. The van der Waals surface area contributed by atoms with Gasteiger partial charge in [-0.3, -0.25) is 0 Å². The van der Waals surface area contributed by atoms with E-state index in [2.05, 4.69) is 15.3 Å². The van der Waals surface area contributed by atoms with E-state index < -0.39 is 36.2 Å². The third-order valence-corrected chi connectivity index (χ3v) is 4.87. The van der Waals surface area contributed by atoms with Crippen molar-refractivity contribution in [1.29, 1.82) is 0 Å². The Hall–Kier alpha value is -1.36. The van der Waals surface area contributed by atoms with E-state index in [1.165, 1.54) is 0 Å². The molecule has 0 aromatic carbocycles. The normalized spacial score (nSPS) is 37.7. The molecule has 5 rings (SSSR count). The van der Waals surface area contributed by atoms with Crippen LogP contribution in [0.1, 0.15) is 39.6 Å². The lowest BCUT2D eigenvalue weighted by Crippen LogP contribution is -2.51. The highest BCUT2D eigenvalue weighted by molar-refractivity contribution is 6.29. The van der Waals surface area contributed by atoms with Crippen LogP contribution in [0.5, 0.6) is 0 Å². The SMILES string of the molecule is CC1(C)O[C@H]2[C@@H](O1)[C@@H](c1nnc3ccc(Cl)nn13)O[C@H]1OC(C)(C)O[C@@H]12. The number of rotatable bonds is 1. The molecule has 5 atom stereocenters. The molecule has 2 aromatic heterocycles. The topological polar surface area (TPSA) is 89.2 Å². The molecule has 26 heavy (non-hydrogen) atoms. The van der Waals surface area contributed by atoms with Crippen LogP contribution in [0.25, 0.3) is 5.65 Å². The molecule has 140 valence electrons. The van der Waals surface area contributed by atoms with Crippen LogP contribution in [0.2, 0.25) is 5.15 Å². The van der Waals surface area contributed by atoms with Crippen LogP contribution in [0, 0.1) is 0 Å². The Morgan fingerprint density at radius 2 is 1.62 bits per heavy atom. The number of hydrogen-bond acceptors (Lipinski definition) is 8. The smallest absolute Gasteiger partial charge is 0.190 e. The zero-order valence-corrected chi connectivity index (χ0v) is 15.5. The predicted molar refractivity (Wildman–Crippen MR) is 87.3 cm³/mol. The Labute approximate surface area is 154 Å². The summed E-state index contributed by atoms with van der Waals surface area (Å²) < 4.78 is 31.9. The van der Waals surface area contributed by atoms with Crippen molar-refractivity contribution in [2.45, 2.75) is 70.0 Å².